The quantitative estimate of drug-likeness (QED) is 0.830. The number of hydrogen-bond donors (Lipinski definition) is 2. The summed E-state index contributed by atoms with van der Waals surface area (Å²) in [7, 11) is -3.66. The standard InChI is InChI=1S/C19H24N2O3S/c1-13(2)14-6-8-17(9-7-14)25(23,24)21-19(15-11-16(22)12-15)18-5-3-4-10-20-18/h3-10,13,15-16,19,21-22H,11-12H2,1-2H3/t15?,16?,19-/m0/s1. The van der Waals surface area contributed by atoms with Crippen molar-refractivity contribution in [2.75, 3.05) is 0 Å². The molecule has 1 aromatic heterocycles. The van der Waals surface area contributed by atoms with Gasteiger partial charge in [0.2, 0.25) is 10.0 Å². The van der Waals surface area contributed by atoms with Gasteiger partial charge in [-0.15, -0.1) is 0 Å². The second-order valence-corrected chi connectivity index (χ2v) is 8.68. The fourth-order valence-electron chi connectivity index (χ4n) is 3.13. The van der Waals surface area contributed by atoms with Crippen LogP contribution in [-0.4, -0.2) is 24.6 Å². The maximum Gasteiger partial charge on any atom is 0.241 e. The normalized spacial score (nSPS) is 21.8. The van der Waals surface area contributed by atoms with E-state index >= 15 is 0 Å². The zero-order valence-corrected chi connectivity index (χ0v) is 15.3. The average molecular weight is 360 g/mol. The van der Waals surface area contributed by atoms with E-state index in [9.17, 15) is 13.5 Å². The Morgan fingerprint density at radius 2 is 1.80 bits per heavy atom. The average Bonchev–Trinajstić information content (AvgIpc) is 2.58. The van der Waals surface area contributed by atoms with Crippen molar-refractivity contribution < 1.29 is 13.5 Å². The molecule has 2 N–H and O–H groups in total. The summed E-state index contributed by atoms with van der Waals surface area (Å²) >= 11 is 0. The molecule has 1 aliphatic carbocycles. The first-order valence-corrected chi connectivity index (χ1v) is 10.1. The van der Waals surface area contributed by atoms with Gasteiger partial charge in [-0.3, -0.25) is 4.98 Å². The minimum absolute atomic E-state index is 0.0506. The smallest absolute Gasteiger partial charge is 0.241 e. The maximum atomic E-state index is 12.8. The largest absolute Gasteiger partial charge is 0.393 e. The highest BCUT2D eigenvalue weighted by molar-refractivity contribution is 7.89. The second-order valence-electron chi connectivity index (χ2n) is 6.96. The molecule has 2 aromatic rings. The number of hydrogen-bond acceptors (Lipinski definition) is 4. The summed E-state index contributed by atoms with van der Waals surface area (Å²) in [6.07, 6.45) is 2.46. The van der Waals surface area contributed by atoms with E-state index in [0.717, 1.165) is 5.56 Å². The van der Waals surface area contributed by atoms with E-state index in [2.05, 4.69) is 23.6 Å². The monoisotopic (exact) mass is 360 g/mol. The van der Waals surface area contributed by atoms with Crippen LogP contribution in [0.2, 0.25) is 0 Å². The molecule has 5 nitrogen and oxygen atoms in total. The Morgan fingerprint density at radius 3 is 2.32 bits per heavy atom. The van der Waals surface area contributed by atoms with E-state index < -0.39 is 16.1 Å². The maximum absolute atomic E-state index is 12.8. The van der Waals surface area contributed by atoms with Crippen LogP contribution in [0.4, 0.5) is 0 Å². The van der Waals surface area contributed by atoms with Gasteiger partial charge in [-0.2, -0.15) is 0 Å². The number of nitrogens with zero attached hydrogens (tertiary/aromatic N) is 1. The molecular formula is C19H24N2O3S. The number of rotatable bonds is 6. The highest BCUT2D eigenvalue weighted by Gasteiger charge is 2.37. The minimum Gasteiger partial charge on any atom is -0.393 e. The third kappa shape index (κ3) is 4.08. The first kappa shape index (κ1) is 18.0. The number of nitrogens with one attached hydrogen (secondary N) is 1. The van der Waals surface area contributed by atoms with Crippen molar-refractivity contribution in [3.05, 3.63) is 59.9 Å². The minimum atomic E-state index is -3.66. The predicted molar refractivity (Wildman–Crippen MR) is 96.6 cm³/mol. The molecular weight excluding hydrogens is 336 g/mol. The van der Waals surface area contributed by atoms with Crippen LogP contribution in [-0.2, 0) is 10.0 Å². The third-order valence-corrected chi connectivity index (χ3v) is 6.22. The first-order chi connectivity index (χ1) is 11.9. The third-order valence-electron chi connectivity index (χ3n) is 4.77. The van der Waals surface area contributed by atoms with Gasteiger partial charge in [-0.25, -0.2) is 13.1 Å². The zero-order valence-electron chi connectivity index (χ0n) is 14.5. The van der Waals surface area contributed by atoms with Crippen LogP contribution in [0.5, 0.6) is 0 Å². The number of aliphatic hydroxyl groups is 1. The Bertz CT molecular complexity index is 798. The summed E-state index contributed by atoms with van der Waals surface area (Å²) in [5.74, 6) is 0.400. The van der Waals surface area contributed by atoms with Crippen LogP contribution in [0.1, 0.15) is 49.9 Å². The van der Waals surface area contributed by atoms with Gasteiger partial charge in [0.1, 0.15) is 0 Å². The molecule has 0 amide bonds. The summed E-state index contributed by atoms with van der Waals surface area (Å²) in [6.45, 7) is 4.14. The molecule has 6 heteroatoms. The molecule has 3 rings (SSSR count). The Labute approximate surface area is 149 Å². The molecule has 1 saturated carbocycles. The second kappa shape index (κ2) is 7.23. The number of sulfonamides is 1. The van der Waals surface area contributed by atoms with Crippen LogP contribution >= 0.6 is 0 Å². The van der Waals surface area contributed by atoms with E-state index in [1.807, 2.05) is 24.3 Å². The Balaban J connectivity index is 1.85. The van der Waals surface area contributed by atoms with Crippen molar-refractivity contribution in [3.8, 4) is 0 Å². The van der Waals surface area contributed by atoms with Crippen molar-refractivity contribution in [2.24, 2.45) is 5.92 Å². The van der Waals surface area contributed by atoms with Crippen molar-refractivity contribution in [1.82, 2.24) is 9.71 Å². The highest BCUT2D eigenvalue weighted by atomic mass is 32.2. The molecule has 25 heavy (non-hydrogen) atoms. The summed E-state index contributed by atoms with van der Waals surface area (Å²) in [5.41, 5.74) is 1.78. The van der Waals surface area contributed by atoms with Gasteiger partial charge in [-0.1, -0.05) is 32.0 Å². The van der Waals surface area contributed by atoms with E-state index in [0.29, 0.717) is 24.5 Å². The molecule has 0 saturated heterocycles. The van der Waals surface area contributed by atoms with Crippen LogP contribution in [0.15, 0.2) is 53.6 Å². The van der Waals surface area contributed by atoms with Crippen molar-refractivity contribution in [2.45, 2.75) is 49.6 Å². The number of aliphatic hydroxyl groups excluding tert-OH is 1. The fourth-order valence-corrected chi connectivity index (χ4v) is 4.41. The van der Waals surface area contributed by atoms with Gasteiger partial charge in [0, 0.05) is 6.20 Å². The summed E-state index contributed by atoms with van der Waals surface area (Å²) in [4.78, 5) is 4.56. The van der Waals surface area contributed by atoms with Gasteiger partial charge in [-0.05, 0) is 54.5 Å². The van der Waals surface area contributed by atoms with E-state index in [-0.39, 0.29) is 16.9 Å². The molecule has 1 aromatic carbocycles. The van der Waals surface area contributed by atoms with Gasteiger partial charge in [0.25, 0.3) is 0 Å². The Kier molecular flexibility index (Phi) is 5.22. The predicted octanol–water partition coefficient (Wildman–Crippen LogP) is 3.00. The molecule has 134 valence electrons. The van der Waals surface area contributed by atoms with Crippen LogP contribution in [0.25, 0.3) is 0 Å². The van der Waals surface area contributed by atoms with Crippen molar-refractivity contribution in [3.63, 3.8) is 0 Å². The lowest BCUT2D eigenvalue weighted by Crippen LogP contribution is -2.41. The van der Waals surface area contributed by atoms with Crippen molar-refractivity contribution >= 4 is 10.0 Å². The highest BCUT2D eigenvalue weighted by Crippen LogP contribution is 2.38. The van der Waals surface area contributed by atoms with E-state index in [1.54, 1.807) is 24.4 Å². The SMILES string of the molecule is CC(C)c1ccc(S(=O)(=O)N[C@H](c2ccccn2)C2CC(O)C2)cc1. The lowest BCUT2D eigenvalue weighted by molar-refractivity contribution is 0.0273. The summed E-state index contributed by atoms with van der Waals surface area (Å²) in [6, 6.07) is 12.0. The number of aromatic nitrogens is 1. The number of pyridine rings is 1. The lowest BCUT2D eigenvalue weighted by atomic mass is 9.76. The molecule has 1 atom stereocenters. The number of benzene rings is 1. The molecule has 1 heterocycles. The lowest BCUT2D eigenvalue weighted by Gasteiger charge is -2.37. The zero-order chi connectivity index (χ0) is 18.0. The molecule has 1 fully saturated rings. The van der Waals surface area contributed by atoms with Crippen LogP contribution < -0.4 is 4.72 Å². The molecule has 0 aliphatic heterocycles. The fraction of sp³-hybridized carbons (Fsp3) is 0.421. The van der Waals surface area contributed by atoms with Gasteiger partial charge < -0.3 is 5.11 Å². The first-order valence-electron chi connectivity index (χ1n) is 8.58. The van der Waals surface area contributed by atoms with Crippen molar-refractivity contribution in [1.29, 1.82) is 0 Å². The van der Waals surface area contributed by atoms with Gasteiger partial charge in [0.15, 0.2) is 0 Å². The van der Waals surface area contributed by atoms with Crippen LogP contribution in [0.3, 0.4) is 0 Å². The van der Waals surface area contributed by atoms with E-state index in [1.165, 1.54) is 0 Å². The Hall–Kier alpha value is -1.76. The van der Waals surface area contributed by atoms with Crippen LogP contribution in [0, 0.1) is 5.92 Å². The van der Waals surface area contributed by atoms with E-state index in [4.69, 9.17) is 0 Å². The summed E-state index contributed by atoms with van der Waals surface area (Å²) < 4.78 is 28.4. The molecule has 1 aliphatic rings. The molecule has 0 radical (unpaired) electrons. The van der Waals surface area contributed by atoms with Gasteiger partial charge >= 0.3 is 0 Å². The molecule has 0 unspecified atom stereocenters. The topological polar surface area (TPSA) is 79.3 Å². The molecule has 0 bridgehead atoms. The summed E-state index contributed by atoms with van der Waals surface area (Å²) in [5, 5.41) is 9.61. The Morgan fingerprint density at radius 1 is 1.12 bits per heavy atom. The molecule has 0 spiro atoms. The van der Waals surface area contributed by atoms with Gasteiger partial charge in [0.05, 0.1) is 22.7 Å².